The average Bonchev–Trinajstić information content (AvgIpc) is 2.91. The number of carboxylic acid groups (broad SMARTS) is 5. The molecule has 0 aromatic rings. The second-order valence-electron chi connectivity index (χ2n) is 9.09. The van der Waals surface area contributed by atoms with Gasteiger partial charge in [-0.1, -0.05) is 0 Å². The van der Waals surface area contributed by atoms with Crippen LogP contribution in [0.25, 0.3) is 0 Å². The SMILES string of the molecule is O=CCC[C@H](NC(=O)CC[C@H](NC(=O)CC[C@H](NC(=O)CC[C@H](NC(=O)CCC(=O)O)C(=O)O)C(=O)O)C(=O)O)C(=O)O. The zero-order valence-corrected chi connectivity index (χ0v) is 22.8. The maximum atomic E-state index is 12.3. The van der Waals surface area contributed by atoms with Crippen LogP contribution in [0.3, 0.4) is 0 Å². The second-order valence-corrected chi connectivity index (χ2v) is 9.09. The number of carbonyl (C=O) groups excluding carboxylic acids is 5. The van der Waals surface area contributed by atoms with E-state index >= 15 is 0 Å². The monoisotopic (exact) mass is 618 g/mol. The van der Waals surface area contributed by atoms with Crippen LogP contribution in [-0.4, -0.2) is 109 Å². The number of aldehydes is 1. The van der Waals surface area contributed by atoms with Crippen molar-refractivity contribution in [1.82, 2.24) is 21.3 Å². The van der Waals surface area contributed by atoms with E-state index in [9.17, 15) is 63.3 Å². The molecule has 19 heteroatoms. The van der Waals surface area contributed by atoms with Crippen molar-refractivity contribution in [3.8, 4) is 0 Å². The van der Waals surface area contributed by atoms with Crippen molar-refractivity contribution < 1.29 is 73.5 Å². The van der Waals surface area contributed by atoms with E-state index < -0.39 is 129 Å². The maximum Gasteiger partial charge on any atom is 0.326 e. The number of carboxylic acids is 5. The van der Waals surface area contributed by atoms with Gasteiger partial charge >= 0.3 is 29.8 Å². The molecule has 0 aliphatic rings. The predicted octanol–water partition coefficient (Wildman–Crippen LogP) is -2.55. The fourth-order valence-electron chi connectivity index (χ4n) is 3.38. The Bertz CT molecular complexity index is 1080. The minimum absolute atomic E-state index is 0.139. The lowest BCUT2D eigenvalue weighted by Gasteiger charge is -2.18. The Balaban J connectivity index is 4.89. The minimum Gasteiger partial charge on any atom is -0.481 e. The Hall–Kier alpha value is -5.10. The summed E-state index contributed by atoms with van der Waals surface area (Å²) in [5.74, 6) is -10.9. The van der Waals surface area contributed by atoms with Gasteiger partial charge in [-0.3, -0.25) is 24.0 Å². The third kappa shape index (κ3) is 17.3. The topological polar surface area (TPSA) is 320 Å². The quantitative estimate of drug-likeness (QED) is 0.0532. The van der Waals surface area contributed by atoms with Crippen molar-refractivity contribution >= 4 is 59.8 Å². The molecular formula is C24H34N4O15. The van der Waals surface area contributed by atoms with Crippen molar-refractivity contribution in [3.05, 3.63) is 0 Å². The first-order valence-corrected chi connectivity index (χ1v) is 12.8. The second kappa shape index (κ2) is 19.9. The van der Waals surface area contributed by atoms with Crippen molar-refractivity contribution in [2.24, 2.45) is 0 Å². The van der Waals surface area contributed by atoms with Gasteiger partial charge in [0.2, 0.25) is 23.6 Å². The van der Waals surface area contributed by atoms with Crippen LogP contribution in [0.4, 0.5) is 0 Å². The number of amides is 4. The highest BCUT2D eigenvalue weighted by Crippen LogP contribution is 2.06. The van der Waals surface area contributed by atoms with Crippen molar-refractivity contribution in [3.63, 3.8) is 0 Å². The zero-order valence-electron chi connectivity index (χ0n) is 22.8. The van der Waals surface area contributed by atoms with Crippen LogP contribution in [-0.2, 0) is 47.9 Å². The summed E-state index contributed by atoms with van der Waals surface area (Å²) in [6.45, 7) is 0. The molecule has 0 spiro atoms. The lowest BCUT2D eigenvalue weighted by molar-refractivity contribution is -0.144. The van der Waals surface area contributed by atoms with Crippen LogP contribution >= 0.6 is 0 Å². The van der Waals surface area contributed by atoms with Crippen LogP contribution in [0, 0.1) is 0 Å². The van der Waals surface area contributed by atoms with Gasteiger partial charge in [-0.05, 0) is 25.7 Å². The summed E-state index contributed by atoms with van der Waals surface area (Å²) >= 11 is 0. The van der Waals surface area contributed by atoms with E-state index in [0.717, 1.165) is 0 Å². The molecule has 0 heterocycles. The summed E-state index contributed by atoms with van der Waals surface area (Å²) < 4.78 is 0. The van der Waals surface area contributed by atoms with Gasteiger partial charge in [0.1, 0.15) is 30.5 Å². The molecule has 4 atom stereocenters. The summed E-state index contributed by atoms with van der Waals surface area (Å²) in [6.07, 6.45) is -4.00. The van der Waals surface area contributed by atoms with Gasteiger partial charge in [-0.25, -0.2) is 19.2 Å². The number of hydrogen-bond donors (Lipinski definition) is 9. The molecule has 0 aromatic heterocycles. The van der Waals surface area contributed by atoms with Gasteiger partial charge in [0.05, 0.1) is 6.42 Å². The molecule has 4 amide bonds. The number of nitrogens with one attached hydrogen (secondary N) is 4. The Morgan fingerprint density at radius 1 is 0.442 bits per heavy atom. The Morgan fingerprint density at radius 3 is 0.977 bits per heavy atom. The molecule has 0 aromatic carbocycles. The van der Waals surface area contributed by atoms with Crippen molar-refractivity contribution in [2.75, 3.05) is 0 Å². The van der Waals surface area contributed by atoms with Gasteiger partial charge < -0.3 is 51.6 Å². The predicted molar refractivity (Wildman–Crippen MR) is 138 cm³/mol. The summed E-state index contributed by atoms with van der Waals surface area (Å²) in [4.78, 5) is 115. The molecule has 0 aliphatic heterocycles. The van der Waals surface area contributed by atoms with E-state index in [4.69, 9.17) is 10.2 Å². The Kier molecular flexibility index (Phi) is 17.5. The number of carbonyl (C=O) groups is 10. The maximum absolute atomic E-state index is 12.3. The lowest BCUT2D eigenvalue weighted by Crippen LogP contribution is -2.45. The fraction of sp³-hybridized carbons (Fsp3) is 0.583. The standard InChI is InChI=1S/C24H34N4O15/c29-11-1-2-12(21(36)37)25-16(30)6-3-13(22(38)39)26-17(31)7-4-14(23(40)41)27-18(32)8-5-15(24(42)43)28-19(33)9-10-20(34)35/h11-15H,1-10H2,(H,25,30)(H,26,31)(H,27,32)(H,28,33)(H,34,35)(H,36,37)(H,38,39)(H,40,41)(H,42,43)/t12-,13-,14-,15-/m0/s1. The molecule has 0 bridgehead atoms. The van der Waals surface area contributed by atoms with Gasteiger partial charge in [0.15, 0.2) is 0 Å². The first-order valence-electron chi connectivity index (χ1n) is 12.8. The largest absolute Gasteiger partial charge is 0.481 e. The highest BCUT2D eigenvalue weighted by molar-refractivity contribution is 5.88. The van der Waals surface area contributed by atoms with Crippen LogP contribution in [0.15, 0.2) is 0 Å². The van der Waals surface area contributed by atoms with Crippen LogP contribution in [0.5, 0.6) is 0 Å². The van der Waals surface area contributed by atoms with Gasteiger partial charge in [0.25, 0.3) is 0 Å². The molecule has 0 rings (SSSR count). The van der Waals surface area contributed by atoms with Crippen LogP contribution < -0.4 is 21.3 Å². The number of rotatable bonds is 23. The smallest absolute Gasteiger partial charge is 0.326 e. The normalized spacial score (nSPS) is 13.2. The molecule has 19 nitrogen and oxygen atoms in total. The summed E-state index contributed by atoms with van der Waals surface area (Å²) in [6, 6.07) is -6.19. The fourth-order valence-corrected chi connectivity index (χ4v) is 3.38. The lowest BCUT2D eigenvalue weighted by atomic mass is 10.1. The average molecular weight is 619 g/mol. The summed E-state index contributed by atoms with van der Waals surface area (Å²) in [5.41, 5.74) is 0. The highest BCUT2D eigenvalue weighted by atomic mass is 16.4. The first-order chi connectivity index (χ1) is 20.1. The van der Waals surface area contributed by atoms with E-state index in [-0.39, 0.29) is 12.8 Å². The first kappa shape index (κ1) is 37.9. The van der Waals surface area contributed by atoms with E-state index in [0.29, 0.717) is 6.29 Å². The van der Waals surface area contributed by atoms with E-state index in [1.54, 1.807) is 0 Å². The van der Waals surface area contributed by atoms with E-state index in [1.165, 1.54) is 0 Å². The highest BCUT2D eigenvalue weighted by Gasteiger charge is 2.27. The van der Waals surface area contributed by atoms with Crippen LogP contribution in [0.2, 0.25) is 0 Å². The summed E-state index contributed by atoms with van der Waals surface area (Å²) in [5, 5.41) is 53.9. The number of hydrogen-bond acceptors (Lipinski definition) is 10. The molecule has 240 valence electrons. The molecule has 43 heavy (non-hydrogen) atoms. The molecule has 0 fully saturated rings. The van der Waals surface area contributed by atoms with E-state index in [1.807, 2.05) is 5.32 Å². The zero-order chi connectivity index (χ0) is 33.1. The third-order valence-corrected chi connectivity index (χ3v) is 5.65. The van der Waals surface area contributed by atoms with Gasteiger partial charge in [0, 0.05) is 32.1 Å². The minimum atomic E-state index is -1.64. The molecular weight excluding hydrogens is 584 g/mol. The van der Waals surface area contributed by atoms with Gasteiger partial charge in [-0.2, -0.15) is 0 Å². The number of aliphatic carboxylic acids is 5. The van der Waals surface area contributed by atoms with Gasteiger partial charge in [-0.15, -0.1) is 0 Å². The molecule has 0 saturated heterocycles. The van der Waals surface area contributed by atoms with Crippen LogP contribution in [0.1, 0.15) is 64.2 Å². The Labute approximate surface area is 243 Å². The van der Waals surface area contributed by atoms with Crippen molar-refractivity contribution in [1.29, 1.82) is 0 Å². The Morgan fingerprint density at radius 2 is 0.721 bits per heavy atom. The molecule has 0 unspecified atom stereocenters. The summed E-state index contributed by atoms with van der Waals surface area (Å²) in [7, 11) is 0. The molecule has 0 radical (unpaired) electrons. The third-order valence-electron chi connectivity index (χ3n) is 5.65. The van der Waals surface area contributed by atoms with E-state index in [2.05, 4.69) is 16.0 Å². The van der Waals surface area contributed by atoms with Crippen molar-refractivity contribution in [2.45, 2.75) is 88.4 Å². The molecule has 0 saturated carbocycles. The molecule has 9 N–H and O–H groups in total. The molecule has 0 aliphatic carbocycles.